The molecule has 2 amide bonds. The molecule has 0 bridgehead atoms. The molecule has 1 saturated heterocycles. The van der Waals surface area contributed by atoms with E-state index < -0.39 is 36.0 Å². The highest BCUT2D eigenvalue weighted by Crippen LogP contribution is 2.41. The second-order valence-electron chi connectivity index (χ2n) is 7.29. The summed E-state index contributed by atoms with van der Waals surface area (Å²) in [6, 6.07) is -1.82. The molecule has 1 aliphatic heterocycles. The molecular weight excluding hydrogens is 342 g/mol. The van der Waals surface area contributed by atoms with Crippen molar-refractivity contribution in [2.75, 3.05) is 6.54 Å². The third kappa shape index (κ3) is 4.32. The first kappa shape index (κ1) is 20.2. The van der Waals surface area contributed by atoms with Crippen molar-refractivity contribution in [3.05, 3.63) is 0 Å². The molecule has 9 heteroatoms. The van der Waals surface area contributed by atoms with Crippen LogP contribution in [0.4, 0.5) is 0 Å². The molecular formula is C17H27N3O6. The number of cyclic esters (lactones) is 1. The molecule has 2 fully saturated rings. The summed E-state index contributed by atoms with van der Waals surface area (Å²) in [6.45, 7) is 5.61. The van der Waals surface area contributed by atoms with Crippen LogP contribution in [0.2, 0.25) is 0 Å². The van der Waals surface area contributed by atoms with Crippen LogP contribution in [0.1, 0.15) is 33.6 Å². The van der Waals surface area contributed by atoms with E-state index in [0.29, 0.717) is 6.42 Å². The topological polar surface area (TPSA) is 148 Å². The molecule has 0 aromatic rings. The number of hydrogen-bond donors (Lipinski definition) is 4. The Morgan fingerprint density at radius 1 is 1.35 bits per heavy atom. The number of carbonyl (C=O) groups is 4. The Morgan fingerprint density at radius 3 is 2.50 bits per heavy atom. The number of nitrogens with one attached hydrogen (secondary N) is 2. The Balaban J connectivity index is 1.82. The van der Waals surface area contributed by atoms with Crippen LogP contribution < -0.4 is 16.4 Å². The zero-order valence-electron chi connectivity index (χ0n) is 15.2. The van der Waals surface area contributed by atoms with Crippen LogP contribution in [0.25, 0.3) is 0 Å². The van der Waals surface area contributed by atoms with Gasteiger partial charge in [-0.25, -0.2) is 4.79 Å². The zero-order valence-corrected chi connectivity index (χ0v) is 15.2. The van der Waals surface area contributed by atoms with Gasteiger partial charge in [-0.05, 0) is 31.1 Å². The Labute approximate surface area is 152 Å². The monoisotopic (exact) mass is 369 g/mol. The summed E-state index contributed by atoms with van der Waals surface area (Å²) in [6.07, 6.45) is 0.575. The first-order valence-corrected chi connectivity index (χ1v) is 8.94. The summed E-state index contributed by atoms with van der Waals surface area (Å²) in [5, 5.41) is 14.5. The molecule has 0 spiro atoms. The molecule has 5 N–H and O–H groups in total. The van der Waals surface area contributed by atoms with Gasteiger partial charge < -0.3 is 26.2 Å². The number of aliphatic carboxylic acids is 1. The SMILES string of the molecule is CC[C@H](C)[C@@H]1C(=O)O[C@H]1C(=O)NC[C@@H]1C[C@@H]1C(NC(=O)[C@H](C)N)C(=O)O. The van der Waals surface area contributed by atoms with Crippen LogP contribution in [-0.2, 0) is 23.9 Å². The number of amides is 2. The van der Waals surface area contributed by atoms with Crippen LogP contribution in [0.15, 0.2) is 0 Å². The highest BCUT2D eigenvalue weighted by atomic mass is 16.6. The van der Waals surface area contributed by atoms with E-state index in [1.807, 2.05) is 13.8 Å². The molecule has 0 aromatic heterocycles. The van der Waals surface area contributed by atoms with Gasteiger partial charge in [-0.1, -0.05) is 20.3 Å². The van der Waals surface area contributed by atoms with Crippen LogP contribution in [0.5, 0.6) is 0 Å². The van der Waals surface area contributed by atoms with Gasteiger partial charge in [0.05, 0.1) is 6.04 Å². The summed E-state index contributed by atoms with van der Waals surface area (Å²) in [5.74, 6) is -3.03. The fourth-order valence-electron chi connectivity index (χ4n) is 3.21. The molecule has 7 atom stereocenters. The summed E-state index contributed by atoms with van der Waals surface area (Å²) in [5.41, 5.74) is 5.45. The Bertz CT molecular complexity index is 593. The van der Waals surface area contributed by atoms with Gasteiger partial charge in [0.1, 0.15) is 12.0 Å². The van der Waals surface area contributed by atoms with Crippen molar-refractivity contribution in [1.82, 2.24) is 10.6 Å². The summed E-state index contributed by atoms with van der Waals surface area (Å²) in [4.78, 5) is 46.8. The predicted octanol–water partition coefficient (Wildman–Crippen LogP) is -0.757. The number of rotatable bonds is 9. The van der Waals surface area contributed by atoms with Crippen molar-refractivity contribution in [1.29, 1.82) is 0 Å². The van der Waals surface area contributed by atoms with Crippen LogP contribution in [0.3, 0.4) is 0 Å². The van der Waals surface area contributed by atoms with Gasteiger partial charge in [0.25, 0.3) is 5.91 Å². The second-order valence-corrected chi connectivity index (χ2v) is 7.29. The number of carbonyl (C=O) groups excluding carboxylic acids is 3. The van der Waals surface area contributed by atoms with Gasteiger partial charge >= 0.3 is 11.9 Å². The minimum Gasteiger partial charge on any atom is -0.480 e. The van der Waals surface area contributed by atoms with E-state index in [4.69, 9.17) is 10.5 Å². The van der Waals surface area contributed by atoms with Gasteiger partial charge in [0.15, 0.2) is 6.10 Å². The van der Waals surface area contributed by atoms with E-state index in [2.05, 4.69) is 10.6 Å². The molecule has 2 aliphatic rings. The van der Waals surface area contributed by atoms with E-state index in [9.17, 15) is 24.3 Å². The lowest BCUT2D eigenvalue weighted by molar-refractivity contribution is -0.193. The largest absolute Gasteiger partial charge is 0.480 e. The molecule has 0 radical (unpaired) electrons. The van der Waals surface area contributed by atoms with Crippen molar-refractivity contribution < 1.29 is 29.0 Å². The van der Waals surface area contributed by atoms with Crippen LogP contribution >= 0.6 is 0 Å². The summed E-state index contributed by atoms with van der Waals surface area (Å²) >= 11 is 0. The van der Waals surface area contributed by atoms with E-state index in [-0.39, 0.29) is 36.2 Å². The van der Waals surface area contributed by atoms with Crippen molar-refractivity contribution >= 4 is 23.8 Å². The maximum absolute atomic E-state index is 12.2. The smallest absolute Gasteiger partial charge is 0.326 e. The third-order valence-electron chi connectivity index (χ3n) is 5.28. The molecule has 1 unspecified atom stereocenters. The number of esters is 1. The van der Waals surface area contributed by atoms with Crippen molar-refractivity contribution in [3.8, 4) is 0 Å². The first-order valence-electron chi connectivity index (χ1n) is 8.94. The quantitative estimate of drug-likeness (QED) is 0.391. The van der Waals surface area contributed by atoms with Gasteiger partial charge in [0.2, 0.25) is 5.91 Å². The average molecular weight is 369 g/mol. The van der Waals surface area contributed by atoms with Gasteiger partial charge in [-0.2, -0.15) is 0 Å². The van der Waals surface area contributed by atoms with Crippen molar-refractivity contribution in [2.45, 2.75) is 51.8 Å². The number of nitrogens with two attached hydrogens (primary N) is 1. The van der Waals surface area contributed by atoms with Crippen molar-refractivity contribution in [3.63, 3.8) is 0 Å². The molecule has 9 nitrogen and oxygen atoms in total. The van der Waals surface area contributed by atoms with E-state index in [1.165, 1.54) is 6.92 Å². The standard InChI is InChI=1S/C17H27N3O6/c1-4-7(2)11-13(26-17(11)25)15(22)19-6-9-5-10(9)12(16(23)24)20-14(21)8(3)18/h7-13H,4-6,18H2,1-3H3,(H,19,22)(H,20,21)(H,23,24)/t7-,8-,9-,10-,11-,12?,13+/m0/s1. The minimum atomic E-state index is -1.12. The molecule has 146 valence electrons. The lowest BCUT2D eigenvalue weighted by Crippen LogP contribution is -2.56. The minimum absolute atomic E-state index is 0.0498. The number of carboxylic acid groups (broad SMARTS) is 1. The zero-order chi connectivity index (χ0) is 19.6. The first-order chi connectivity index (χ1) is 12.2. The number of ether oxygens (including phenoxy) is 1. The fourth-order valence-corrected chi connectivity index (χ4v) is 3.21. The van der Waals surface area contributed by atoms with E-state index in [0.717, 1.165) is 6.42 Å². The van der Waals surface area contributed by atoms with Gasteiger partial charge in [0, 0.05) is 6.54 Å². The summed E-state index contributed by atoms with van der Waals surface area (Å²) < 4.78 is 4.96. The van der Waals surface area contributed by atoms with Crippen LogP contribution in [0, 0.1) is 23.7 Å². The lowest BCUT2D eigenvalue weighted by atomic mass is 9.83. The Morgan fingerprint density at radius 2 is 2.00 bits per heavy atom. The van der Waals surface area contributed by atoms with Gasteiger partial charge in [-0.15, -0.1) is 0 Å². The van der Waals surface area contributed by atoms with E-state index in [1.54, 1.807) is 0 Å². The third-order valence-corrected chi connectivity index (χ3v) is 5.28. The number of carboxylic acids is 1. The molecule has 26 heavy (non-hydrogen) atoms. The molecule has 1 heterocycles. The van der Waals surface area contributed by atoms with Gasteiger partial charge in [-0.3, -0.25) is 14.4 Å². The molecule has 1 saturated carbocycles. The molecule has 0 aromatic carbocycles. The Hall–Kier alpha value is -2.16. The normalized spacial score (nSPS) is 30.2. The maximum atomic E-state index is 12.2. The average Bonchev–Trinajstić information content (AvgIpc) is 3.33. The maximum Gasteiger partial charge on any atom is 0.326 e. The Kier molecular flexibility index (Phi) is 6.22. The van der Waals surface area contributed by atoms with E-state index >= 15 is 0 Å². The highest BCUT2D eigenvalue weighted by Gasteiger charge is 2.51. The van der Waals surface area contributed by atoms with Crippen LogP contribution in [-0.4, -0.2) is 53.6 Å². The predicted molar refractivity (Wildman–Crippen MR) is 90.6 cm³/mol. The lowest BCUT2D eigenvalue weighted by Gasteiger charge is -2.37. The molecule has 2 rings (SSSR count). The fraction of sp³-hybridized carbons (Fsp3) is 0.765. The second kappa shape index (κ2) is 8.03. The highest BCUT2D eigenvalue weighted by molar-refractivity contribution is 5.94. The summed E-state index contributed by atoms with van der Waals surface area (Å²) in [7, 11) is 0. The van der Waals surface area contributed by atoms with Crippen molar-refractivity contribution in [2.24, 2.45) is 29.4 Å². The number of hydrogen-bond acceptors (Lipinski definition) is 6. The molecule has 1 aliphatic carbocycles.